The molecule has 1 saturated carbocycles. The topological polar surface area (TPSA) is 109 Å². The van der Waals surface area contributed by atoms with Gasteiger partial charge in [0.2, 0.25) is 5.75 Å². The fourth-order valence-corrected chi connectivity index (χ4v) is 7.60. The third kappa shape index (κ3) is 4.66. The van der Waals surface area contributed by atoms with Gasteiger partial charge in [0.05, 0.1) is 46.0 Å². The summed E-state index contributed by atoms with van der Waals surface area (Å²) < 4.78 is 33.6. The predicted octanol–water partition coefficient (Wildman–Crippen LogP) is 4.16. The molecule has 6 rings (SSSR count). The number of ether oxygens (including phenoxy) is 6. The van der Waals surface area contributed by atoms with E-state index in [2.05, 4.69) is 34.1 Å². The third-order valence-corrected chi connectivity index (χ3v) is 9.46. The number of methoxy groups -OCH3 is 5. The lowest BCUT2D eigenvalue weighted by Gasteiger charge is -2.52. The molecule has 2 aliphatic heterocycles. The SMILES string of the molecule is COC(=O)[C@H]1[C@H]2C[C@H]3c4[nH]c5ccccc5c4CCN3C[C@@H]2C[C@H](OC(=O)c2cc(OC)c(OC)c(OC)c2)[C@H]1OC. The first-order valence-electron chi connectivity index (χ1n) is 14.4. The number of carbonyl (C=O) groups is 2. The van der Waals surface area contributed by atoms with E-state index in [1.54, 1.807) is 19.2 Å². The van der Waals surface area contributed by atoms with Crippen LogP contribution in [0.15, 0.2) is 36.4 Å². The van der Waals surface area contributed by atoms with E-state index in [1.807, 2.05) is 0 Å². The second-order valence-corrected chi connectivity index (χ2v) is 11.3. The van der Waals surface area contributed by atoms with Crippen molar-refractivity contribution < 1.29 is 38.0 Å². The molecule has 0 unspecified atom stereocenters. The van der Waals surface area contributed by atoms with Crippen LogP contribution < -0.4 is 14.2 Å². The molecule has 3 aromatic rings. The van der Waals surface area contributed by atoms with Crippen LogP contribution in [0.4, 0.5) is 0 Å². The van der Waals surface area contributed by atoms with Crippen molar-refractivity contribution in [3.05, 3.63) is 53.2 Å². The van der Waals surface area contributed by atoms with Gasteiger partial charge in [0, 0.05) is 36.8 Å². The highest BCUT2D eigenvalue weighted by atomic mass is 16.6. The van der Waals surface area contributed by atoms with Crippen molar-refractivity contribution in [2.24, 2.45) is 17.8 Å². The zero-order chi connectivity index (χ0) is 29.5. The molecule has 224 valence electrons. The van der Waals surface area contributed by atoms with Gasteiger partial charge in [-0.1, -0.05) is 18.2 Å². The van der Waals surface area contributed by atoms with Gasteiger partial charge in [-0.2, -0.15) is 0 Å². The number of esters is 2. The number of rotatable bonds is 7. The van der Waals surface area contributed by atoms with Crippen molar-refractivity contribution in [2.75, 3.05) is 48.6 Å². The van der Waals surface area contributed by atoms with Crippen LogP contribution in [0, 0.1) is 17.8 Å². The molecule has 2 aromatic carbocycles. The summed E-state index contributed by atoms with van der Waals surface area (Å²) in [6.07, 6.45) is 1.04. The number of hydrogen-bond acceptors (Lipinski definition) is 9. The van der Waals surface area contributed by atoms with Crippen molar-refractivity contribution in [1.82, 2.24) is 9.88 Å². The number of carbonyl (C=O) groups excluding carboxylic acids is 2. The van der Waals surface area contributed by atoms with Crippen molar-refractivity contribution in [3.63, 3.8) is 0 Å². The van der Waals surface area contributed by atoms with Crippen LogP contribution in [0.3, 0.4) is 0 Å². The maximum absolute atomic E-state index is 13.5. The van der Waals surface area contributed by atoms with Crippen molar-refractivity contribution >= 4 is 22.8 Å². The molecule has 10 nitrogen and oxygen atoms in total. The van der Waals surface area contributed by atoms with E-state index in [-0.39, 0.29) is 29.4 Å². The summed E-state index contributed by atoms with van der Waals surface area (Å²) in [6, 6.07) is 11.7. The fourth-order valence-electron chi connectivity index (χ4n) is 7.60. The highest BCUT2D eigenvalue weighted by Crippen LogP contribution is 2.50. The number of nitrogens with one attached hydrogen (secondary N) is 1. The number of nitrogens with zero attached hydrogens (tertiary/aromatic N) is 1. The third-order valence-electron chi connectivity index (χ3n) is 9.46. The van der Waals surface area contributed by atoms with Gasteiger partial charge < -0.3 is 33.4 Å². The molecule has 0 radical (unpaired) electrons. The smallest absolute Gasteiger partial charge is 0.338 e. The van der Waals surface area contributed by atoms with Crippen LogP contribution in [0.5, 0.6) is 17.2 Å². The summed E-state index contributed by atoms with van der Waals surface area (Å²) in [5.74, 6) is -0.254. The molecule has 3 aliphatic rings. The average molecular weight is 579 g/mol. The molecule has 6 atom stereocenters. The van der Waals surface area contributed by atoms with E-state index in [1.165, 1.54) is 45.1 Å². The predicted molar refractivity (Wildman–Crippen MR) is 154 cm³/mol. The van der Waals surface area contributed by atoms with Crippen LogP contribution in [0.25, 0.3) is 10.9 Å². The van der Waals surface area contributed by atoms with E-state index in [0.29, 0.717) is 23.7 Å². The minimum Gasteiger partial charge on any atom is -0.493 e. The lowest BCUT2D eigenvalue weighted by atomic mass is 9.63. The number of hydrogen-bond donors (Lipinski definition) is 1. The van der Waals surface area contributed by atoms with Gasteiger partial charge in [-0.05, 0) is 54.9 Å². The number of fused-ring (bicyclic) bond motifs is 6. The molecule has 0 amide bonds. The summed E-state index contributed by atoms with van der Waals surface area (Å²) >= 11 is 0. The van der Waals surface area contributed by atoms with Crippen molar-refractivity contribution in [1.29, 1.82) is 0 Å². The second kappa shape index (κ2) is 11.5. The molecule has 1 saturated heterocycles. The number of para-hydroxylation sites is 1. The summed E-state index contributed by atoms with van der Waals surface area (Å²) in [5.41, 5.74) is 4.01. The van der Waals surface area contributed by atoms with Crippen LogP contribution in [0.2, 0.25) is 0 Å². The quantitative estimate of drug-likeness (QED) is 0.414. The van der Waals surface area contributed by atoms with Crippen LogP contribution in [-0.2, 0) is 25.4 Å². The van der Waals surface area contributed by atoms with E-state index in [4.69, 9.17) is 28.4 Å². The minimum atomic E-state index is -0.651. The Labute approximate surface area is 245 Å². The van der Waals surface area contributed by atoms with Gasteiger partial charge in [-0.15, -0.1) is 0 Å². The molecule has 2 fully saturated rings. The Balaban J connectivity index is 1.29. The zero-order valence-electron chi connectivity index (χ0n) is 24.7. The van der Waals surface area contributed by atoms with Crippen molar-refractivity contribution in [2.45, 2.75) is 37.5 Å². The summed E-state index contributed by atoms with van der Waals surface area (Å²) in [4.78, 5) is 33.1. The lowest BCUT2D eigenvalue weighted by Crippen LogP contribution is -2.58. The molecule has 10 heteroatoms. The minimum absolute atomic E-state index is 0.0112. The summed E-state index contributed by atoms with van der Waals surface area (Å²) in [6.45, 7) is 1.74. The number of aromatic amines is 1. The second-order valence-electron chi connectivity index (χ2n) is 11.3. The zero-order valence-corrected chi connectivity index (χ0v) is 24.7. The molecular weight excluding hydrogens is 540 g/mol. The van der Waals surface area contributed by atoms with Gasteiger partial charge in [0.25, 0.3) is 0 Å². The van der Waals surface area contributed by atoms with Gasteiger partial charge in [-0.25, -0.2) is 4.79 Å². The molecule has 1 N–H and O–H groups in total. The maximum atomic E-state index is 13.5. The maximum Gasteiger partial charge on any atom is 0.338 e. The van der Waals surface area contributed by atoms with Crippen LogP contribution in [0.1, 0.15) is 40.5 Å². The highest BCUT2D eigenvalue weighted by molar-refractivity contribution is 5.91. The largest absolute Gasteiger partial charge is 0.493 e. The van der Waals surface area contributed by atoms with Gasteiger partial charge in [0.15, 0.2) is 11.5 Å². The average Bonchev–Trinajstić information content (AvgIpc) is 3.41. The summed E-state index contributed by atoms with van der Waals surface area (Å²) in [7, 11) is 7.45. The molecular formula is C32H38N2O8. The van der Waals surface area contributed by atoms with Crippen molar-refractivity contribution in [3.8, 4) is 17.2 Å². The standard InChI is InChI=1S/C32H38N2O8/c1-37-24-12-17(13-25(38-2)29(24)39-3)31(35)42-26-14-18-16-34-11-10-20-19-8-6-7-9-22(19)33-28(20)23(34)15-21(18)27(30(26)40-4)32(36)41-5/h6-9,12-13,18,21,23,26-27,30,33H,10-11,14-16H2,1-5H3/t18-,21-,23-,26-,27-,30+/m0/s1. The molecule has 0 spiro atoms. The van der Waals surface area contributed by atoms with Gasteiger partial charge in [-0.3, -0.25) is 9.69 Å². The molecule has 42 heavy (non-hydrogen) atoms. The lowest BCUT2D eigenvalue weighted by molar-refractivity contribution is -0.176. The normalized spacial score (nSPS) is 26.9. The number of H-pyrrole nitrogens is 1. The van der Waals surface area contributed by atoms with Gasteiger partial charge >= 0.3 is 11.9 Å². The van der Waals surface area contributed by atoms with E-state index in [9.17, 15) is 9.59 Å². The molecule has 1 aromatic heterocycles. The Morgan fingerprint density at radius 1 is 0.952 bits per heavy atom. The van der Waals surface area contributed by atoms with Crippen LogP contribution >= 0.6 is 0 Å². The molecule has 0 bridgehead atoms. The van der Waals surface area contributed by atoms with E-state index < -0.39 is 24.1 Å². The van der Waals surface area contributed by atoms with E-state index in [0.717, 1.165) is 31.4 Å². The highest BCUT2D eigenvalue weighted by Gasteiger charge is 2.54. The first-order chi connectivity index (χ1) is 20.4. The van der Waals surface area contributed by atoms with Gasteiger partial charge in [0.1, 0.15) is 12.2 Å². The number of piperidine rings is 1. The fraction of sp³-hybridized carbons (Fsp3) is 0.500. The number of benzene rings is 2. The summed E-state index contributed by atoms with van der Waals surface area (Å²) in [5, 5.41) is 1.27. The van der Waals surface area contributed by atoms with Crippen LogP contribution in [-0.4, -0.2) is 82.7 Å². The Bertz CT molecular complexity index is 1460. The Kier molecular flexibility index (Phi) is 7.76. The first-order valence-corrected chi connectivity index (χ1v) is 14.4. The molecule has 1 aliphatic carbocycles. The Morgan fingerprint density at radius 2 is 1.69 bits per heavy atom. The Hall–Kier alpha value is -3.76. The monoisotopic (exact) mass is 578 g/mol. The van der Waals surface area contributed by atoms with E-state index >= 15 is 0 Å². The number of aromatic nitrogens is 1. The first kappa shape index (κ1) is 28.4. The molecule has 3 heterocycles. The Morgan fingerprint density at radius 3 is 2.36 bits per heavy atom.